The molecule has 2 rings (SSSR count). The SMILES string of the molecule is COc1ccc(Br)cc1C(=O)C1CCC(=O)C1. The number of hydrogen-bond donors (Lipinski definition) is 0. The molecular weight excluding hydrogens is 284 g/mol. The van der Waals surface area contributed by atoms with Gasteiger partial charge in [-0.1, -0.05) is 15.9 Å². The van der Waals surface area contributed by atoms with E-state index in [1.807, 2.05) is 6.07 Å². The van der Waals surface area contributed by atoms with Gasteiger partial charge in [0.25, 0.3) is 0 Å². The van der Waals surface area contributed by atoms with E-state index in [9.17, 15) is 9.59 Å². The number of carbonyl (C=O) groups is 2. The Kier molecular flexibility index (Phi) is 3.62. The average molecular weight is 297 g/mol. The average Bonchev–Trinajstić information content (AvgIpc) is 2.75. The quantitative estimate of drug-likeness (QED) is 0.805. The molecule has 90 valence electrons. The van der Waals surface area contributed by atoms with Crippen molar-refractivity contribution >= 4 is 27.5 Å². The van der Waals surface area contributed by atoms with Crippen molar-refractivity contribution in [2.24, 2.45) is 5.92 Å². The van der Waals surface area contributed by atoms with Crippen LogP contribution in [-0.4, -0.2) is 18.7 Å². The lowest BCUT2D eigenvalue weighted by atomic mass is 9.95. The van der Waals surface area contributed by atoms with Gasteiger partial charge in [0.15, 0.2) is 5.78 Å². The second-order valence-corrected chi connectivity index (χ2v) is 5.10. The Labute approximate surface area is 108 Å². The minimum absolute atomic E-state index is 0.00833. The Morgan fingerprint density at radius 3 is 2.82 bits per heavy atom. The van der Waals surface area contributed by atoms with Crippen LogP contribution in [0.1, 0.15) is 29.6 Å². The summed E-state index contributed by atoms with van der Waals surface area (Å²) in [5.41, 5.74) is 0.557. The second kappa shape index (κ2) is 5.00. The first-order valence-electron chi connectivity index (χ1n) is 5.51. The molecule has 1 saturated carbocycles. The third-order valence-electron chi connectivity index (χ3n) is 3.04. The summed E-state index contributed by atoms with van der Waals surface area (Å²) in [6.45, 7) is 0. The summed E-state index contributed by atoms with van der Waals surface area (Å²) in [6.07, 6.45) is 1.55. The molecule has 1 aliphatic carbocycles. The third-order valence-corrected chi connectivity index (χ3v) is 3.54. The van der Waals surface area contributed by atoms with Gasteiger partial charge in [0, 0.05) is 23.2 Å². The van der Waals surface area contributed by atoms with Gasteiger partial charge in [0.05, 0.1) is 12.7 Å². The Morgan fingerprint density at radius 2 is 2.24 bits per heavy atom. The van der Waals surface area contributed by atoms with Crippen molar-refractivity contribution in [2.75, 3.05) is 7.11 Å². The maximum atomic E-state index is 12.3. The topological polar surface area (TPSA) is 43.4 Å². The molecule has 4 heteroatoms. The zero-order valence-electron chi connectivity index (χ0n) is 9.53. The van der Waals surface area contributed by atoms with Gasteiger partial charge in [-0.2, -0.15) is 0 Å². The van der Waals surface area contributed by atoms with Gasteiger partial charge >= 0.3 is 0 Å². The monoisotopic (exact) mass is 296 g/mol. The van der Waals surface area contributed by atoms with Crippen molar-refractivity contribution in [3.8, 4) is 5.75 Å². The highest BCUT2D eigenvalue weighted by molar-refractivity contribution is 9.10. The molecule has 1 fully saturated rings. The maximum absolute atomic E-state index is 12.3. The van der Waals surface area contributed by atoms with E-state index in [0.29, 0.717) is 30.6 Å². The highest BCUT2D eigenvalue weighted by Crippen LogP contribution is 2.31. The highest BCUT2D eigenvalue weighted by atomic mass is 79.9. The van der Waals surface area contributed by atoms with Gasteiger partial charge in [-0.25, -0.2) is 0 Å². The molecule has 0 spiro atoms. The van der Waals surface area contributed by atoms with Crippen molar-refractivity contribution in [2.45, 2.75) is 19.3 Å². The number of methoxy groups -OCH3 is 1. The minimum atomic E-state index is -0.175. The lowest BCUT2D eigenvalue weighted by molar-refractivity contribution is -0.117. The Hall–Kier alpha value is -1.16. The molecule has 0 heterocycles. The second-order valence-electron chi connectivity index (χ2n) is 4.19. The van der Waals surface area contributed by atoms with Crippen LogP contribution in [0, 0.1) is 5.92 Å². The highest BCUT2D eigenvalue weighted by Gasteiger charge is 2.30. The zero-order valence-corrected chi connectivity index (χ0v) is 11.1. The van der Waals surface area contributed by atoms with Crippen LogP contribution >= 0.6 is 15.9 Å². The molecule has 0 radical (unpaired) electrons. The van der Waals surface area contributed by atoms with Crippen LogP contribution in [0.5, 0.6) is 5.75 Å². The zero-order chi connectivity index (χ0) is 12.4. The molecule has 17 heavy (non-hydrogen) atoms. The van der Waals surface area contributed by atoms with E-state index < -0.39 is 0 Å². The summed E-state index contributed by atoms with van der Waals surface area (Å²) in [7, 11) is 1.54. The molecule has 1 atom stereocenters. The Morgan fingerprint density at radius 1 is 1.47 bits per heavy atom. The van der Waals surface area contributed by atoms with E-state index in [1.54, 1.807) is 19.2 Å². The number of ether oxygens (including phenoxy) is 1. The van der Waals surface area contributed by atoms with Crippen molar-refractivity contribution in [3.05, 3.63) is 28.2 Å². The van der Waals surface area contributed by atoms with Crippen LogP contribution < -0.4 is 4.74 Å². The molecule has 1 aliphatic rings. The molecule has 1 aromatic rings. The van der Waals surface area contributed by atoms with E-state index in [1.165, 1.54) is 0 Å². The lowest BCUT2D eigenvalue weighted by Gasteiger charge is -2.11. The number of rotatable bonds is 3. The number of carbonyl (C=O) groups excluding carboxylic acids is 2. The summed E-state index contributed by atoms with van der Waals surface area (Å²) >= 11 is 3.34. The fraction of sp³-hybridized carbons (Fsp3) is 0.385. The van der Waals surface area contributed by atoms with E-state index >= 15 is 0 Å². The summed E-state index contributed by atoms with van der Waals surface area (Å²) in [5.74, 6) is 0.578. The van der Waals surface area contributed by atoms with Crippen molar-refractivity contribution in [1.29, 1.82) is 0 Å². The standard InChI is InChI=1S/C13H13BrO3/c1-17-12-5-3-9(14)7-11(12)13(16)8-2-4-10(15)6-8/h3,5,7-8H,2,4,6H2,1H3. The van der Waals surface area contributed by atoms with Gasteiger partial charge in [-0.05, 0) is 24.6 Å². The van der Waals surface area contributed by atoms with Gasteiger partial charge in [-0.3, -0.25) is 9.59 Å². The Balaban J connectivity index is 2.29. The first-order chi connectivity index (χ1) is 8.11. The van der Waals surface area contributed by atoms with Crippen molar-refractivity contribution in [3.63, 3.8) is 0 Å². The normalized spacial score (nSPS) is 19.4. The van der Waals surface area contributed by atoms with Crippen LogP contribution in [0.2, 0.25) is 0 Å². The van der Waals surface area contributed by atoms with E-state index in [0.717, 1.165) is 4.47 Å². The number of ketones is 2. The number of hydrogen-bond acceptors (Lipinski definition) is 3. The number of halogens is 1. The largest absolute Gasteiger partial charge is 0.496 e. The predicted octanol–water partition coefficient (Wildman–Crippen LogP) is 3.01. The third kappa shape index (κ3) is 2.57. The molecule has 3 nitrogen and oxygen atoms in total. The van der Waals surface area contributed by atoms with Crippen LogP contribution in [0.15, 0.2) is 22.7 Å². The minimum Gasteiger partial charge on any atom is -0.496 e. The molecule has 0 bridgehead atoms. The number of benzene rings is 1. The first kappa shape index (κ1) is 12.3. The molecule has 0 amide bonds. The van der Waals surface area contributed by atoms with Crippen molar-refractivity contribution in [1.82, 2.24) is 0 Å². The summed E-state index contributed by atoms with van der Waals surface area (Å²) in [6, 6.07) is 5.34. The smallest absolute Gasteiger partial charge is 0.170 e. The molecule has 0 saturated heterocycles. The summed E-state index contributed by atoms with van der Waals surface area (Å²) < 4.78 is 6.02. The van der Waals surface area contributed by atoms with Crippen LogP contribution in [-0.2, 0) is 4.79 Å². The van der Waals surface area contributed by atoms with E-state index in [-0.39, 0.29) is 17.5 Å². The molecule has 0 aromatic heterocycles. The summed E-state index contributed by atoms with van der Waals surface area (Å²) in [4.78, 5) is 23.5. The Bertz CT molecular complexity index is 468. The molecule has 1 aromatic carbocycles. The van der Waals surface area contributed by atoms with E-state index in [4.69, 9.17) is 4.74 Å². The lowest BCUT2D eigenvalue weighted by Crippen LogP contribution is -2.13. The van der Waals surface area contributed by atoms with Crippen LogP contribution in [0.25, 0.3) is 0 Å². The van der Waals surface area contributed by atoms with Gasteiger partial charge in [0.2, 0.25) is 0 Å². The number of Topliss-reactive ketones (excluding diaryl/α,β-unsaturated/α-hetero) is 2. The summed E-state index contributed by atoms with van der Waals surface area (Å²) in [5, 5.41) is 0. The molecule has 0 aliphatic heterocycles. The fourth-order valence-electron chi connectivity index (χ4n) is 2.13. The van der Waals surface area contributed by atoms with Crippen LogP contribution in [0.3, 0.4) is 0 Å². The van der Waals surface area contributed by atoms with Crippen molar-refractivity contribution < 1.29 is 14.3 Å². The first-order valence-corrected chi connectivity index (χ1v) is 6.30. The van der Waals surface area contributed by atoms with Crippen LogP contribution in [0.4, 0.5) is 0 Å². The van der Waals surface area contributed by atoms with Gasteiger partial charge in [0.1, 0.15) is 11.5 Å². The molecule has 1 unspecified atom stereocenters. The van der Waals surface area contributed by atoms with E-state index in [2.05, 4.69) is 15.9 Å². The van der Waals surface area contributed by atoms with Gasteiger partial charge in [-0.15, -0.1) is 0 Å². The predicted molar refractivity (Wildman–Crippen MR) is 67.4 cm³/mol. The van der Waals surface area contributed by atoms with Gasteiger partial charge < -0.3 is 4.74 Å². The fourth-order valence-corrected chi connectivity index (χ4v) is 2.49. The maximum Gasteiger partial charge on any atom is 0.170 e. The molecule has 0 N–H and O–H groups in total. The molecular formula is C13H13BrO3.